The molecule has 192 valence electrons. The van der Waals surface area contributed by atoms with Crippen LogP contribution < -0.4 is 5.32 Å². The lowest BCUT2D eigenvalue weighted by atomic mass is 10.1. The number of pyridine rings is 1. The molecule has 3 N–H and O–H groups in total. The SMILES string of the molecule is CN1CCC(OC(=O)C2=C(Nc3ccc(F)cc3)OC(=Cc3c[nH]c4ncccc34)C2=O)CC1.O=CO. The average molecular weight is 509 g/mol. The Balaban J connectivity index is 0.00000102. The van der Waals surface area contributed by atoms with Gasteiger partial charge in [-0.1, -0.05) is 0 Å². The number of carbonyl (C=O) groups excluding carboxylic acids is 2. The quantitative estimate of drug-likeness (QED) is 0.205. The van der Waals surface area contributed by atoms with Crippen molar-refractivity contribution in [3.05, 3.63) is 77.4 Å². The second-order valence-electron chi connectivity index (χ2n) is 8.43. The van der Waals surface area contributed by atoms with Gasteiger partial charge in [0.15, 0.2) is 11.3 Å². The lowest BCUT2D eigenvalue weighted by Gasteiger charge is -2.28. The van der Waals surface area contributed by atoms with E-state index in [-0.39, 0.29) is 29.8 Å². The summed E-state index contributed by atoms with van der Waals surface area (Å²) in [5.41, 5.74) is 1.61. The molecule has 0 saturated carbocycles. The van der Waals surface area contributed by atoms with Crippen molar-refractivity contribution in [2.45, 2.75) is 18.9 Å². The standard InChI is InChI=1S/C25H23FN4O4.CH2O2/c1-30-11-8-18(9-12-30)33-25(32)21-22(31)20(13-15-14-28-23-19(15)3-2-10-27-23)34-24(21)29-17-6-4-16(26)5-7-17;2-1-3/h2-7,10,13-14,18,29H,8-9,11-12H2,1H3,(H,27,28);1H,(H,2,3). The van der Waals surface area contributed by atoms with Crippen molar-refractivity contribution < 1.29 is 33.4 Å². The summed E-state index contributed by atoms with van der Waals surface area (Å²) in [7, 11) is 2.01. The summed E-state index contributed by atoms with van der Waals surface area (Å²) in [5.74, 6) is -1.80. The number of ketones is 1. The van der Waals surface area contributed by atoms with E-state index in [4.69, 9.17) is 19.4 Å². The second kappa shape index (κ2) is 11.5. The largest absolute Gasteiger partial charge is 0.483 e. The Kier molecular flexibility index (Phi) is 7.94. The van der Waals surface area contributed by atoms with Crippen molar-refractivity contribution in [3.63, 3.8) is 0 Å². The minimum Gasteiger partial charge on any atom is -0.483 e. The van der Waals surface area contributed by atoms with E-state index in [1.165, 1.54) is 24.3 Å². The van der Waals surface area contributed by atoms with Gasteiger partial charge >= 0.3 is 5.97 Å². The van der Waals surface area contributed by atoms with Crippen molar-refractivity contribution >= 4 is 41.0 Å². The molecule has 10 nitrogen and oxygen atoms in total. The fourth-order valence-corrected chi connectivity index (χ4v) is 4.02. The number of H-pyrrole nitrogens is 1. The van der Waals surface area contributed by atoms with E-state index in [2.05, 4.69) is 20.2 Å². The number of aromatic nitrogens is 2. The van der Waals surface area contributed by atoms with Gasteiger partial charge in [-0.3, -0.25) is 9.59 Å². The number of hydrogen-bond acceptors (Lipinski definition) is 8. The number of anilines is 1. The van der Waals surface area contributed by atoms with Gasteiger partial charge in [0.05, 0.1) is 0 Å². The summed E-state index contributed by atoms with van der Waals surface area (Å²) >= 11 is 0. The molecule has 2 aliphatic heterocycles. The number of benzene rings is 1. The molecule has 1 fully saturated rings. The molecule has 1 aromatic carbocycles. The highest BCUT2D eigenvalue weighted by Crippen LogP contribution is 2.31. The predicted molar refractivity (Wildman–Crippen MR) is 133 cm³/mol. The zero-order chi connectivity index (χ0) is 26.4. The molecule has 0 amide bonds. The first-order chi connectivity index (χ1) is 17.9. The van der Waals surface area contributed by atoms with Crippen LogP contribution in [0, 0.1) is 5.82 Å². The Hall–Kier alpha value is -4.51. The van der Waals surface area contributed by atoms with Gasteiger partial charge in [-0.05, 0) is 62.4 Å². The number of carboxylic acid groups (broad SMARTS) is 1. The van der Waals surface area contributed by atoms with Crippen LogP contribution in [0.25, 0.3) is 17.1 Å². The van der Waals surface area contributed by atoms with Crippen molar-refractivity contribution in [3.8, 4) is 0 Å². The highest BCUT2D eigenvalue weighted by atomic mass is 19.1. The molecular formula is C26H25FN4O6. The number of fused-ring (bicyclic) bond motifs is 1. The van der Waals surface area contributed by atoms with Crippen molar-refractivity contribution in [1.29, 1.82) is 0 Å². The third kappa shape index (κ3) is 6.01. The monoisotopic (exact) mass is 508 g/mol. The van der Waals surface area contributed by atoms with Crippen LogP contribution in [0.4, 0.5) is 10.1 Å². The third-order valence-electron chi connectivity index (χ3n) is 5.91. The van der Waals surface area contributed by atoms with E-state index in [0.29, 0.717) is 29.7 Å². The summed E-state index contributed by atoms with van der Waals surface area (Å²) in [4.78, 5) is 44.2. The molecule has 0 aliphatic carbocycles. The van der Waals surface area contributed by atoms with E-state index in [9.17, 15) is 14.0 Å². The molecule has 5 rings (SSSR count). The molecule has 11 heteroatoms. The number of Topliss-reactive ketones (excluding diaryl/α,β-unsaturated/α-hetero) is 1. The van der Waals surface area contributed by atoms with E-state index >= 15 is 0 Å². The first kappa shape index (κ1) is 25.6. The van der Waals surface area contributed by atoms with E-state index in [1.807, 2.05) is 13.1 Å². The zero-order valence-corrected chi connectivity index (χ0v) is 19.9. The summed E-state index contributed by atoms with van der Waals surface area (Å²) < 4.78 is 24.8. The molecule has 0 atom stereocenters. The molecule has 1 saturated heterocycles. The van der Waals surface area contributed by atoms with Gasteiger partial charge in [-0.25, -0.2) is 14.2 Å². The van der Waals surface area contributed by atoms with Gasteiger partial charge in [-0.15, -0.1) is 0 Å². The van der Waals surface area contributed by atoms with Crippen LogP contribution >= 0.6 is 0 Å². The molecule has 0 radical (unpaired) electrons. The third-order valence-corrected chi connectivity index (χ3v) is 5.91. The smallest absolute Gasteiger partial charge is 0.348 e. The molecule has 2 aliphatic rings. The number of rotatable bonds is 5. The fraction of sp³-hybridized carbons (Fsp3) is 0.231. The lowest BCUT2D eigenvalue weighted by molar-refractivity contribution is -0.147. The summed E-state index contributed by atoms with van der Waals surface area (Å²) in [6.45, 7) is 1.36. The maximum Gasteiger partial charge on any atom is 0.348 e. The Labute approximate surface area is 211 Å². The molecule has 2 aromatic heterocycles. The summed E-state index contributed by atoms with van der Waals surface area (Å²) in [6.07, 6.45) is 6.04. The summed E-state index contributed by atoms with van der Waals surface area (Å²) in [5, 5.41) is 10.6. The van der Waals surface area contributed by atoms with Crippen molar-refractivity contribution in [2.24, 2.45) is 0 Å². The van der Waals surface area contributed by atoms with Gasteiger partial charge in [0.1, 0.15) is 17.6 Å². The Bertz CT molecular complexity index is 1360. The van der Waals surface area contributed by atoms with E-state index < -0.39 is 17.6 Å². The predicted octanol–water partition coefficient (Wildman–Crippen LogP) is 3.30. The van der Waals surface area contributed by atoms with Gasteiger partial charge in [0, 0.05) is 42.1 Å². The Morgan fingerprint density at radius 3 is 2.68 bits per heavy atom. The number of halogens is 1. The Morgan fingerprint density at radius 2 is 1.97 bits per heavy atom. The number of allylic oxidation sites excluding steroid dienone is 1. The van der Waals surface area contributed by atoms with E-state index in [0.717, 1.165) is 18.5 Å². The average Bonchev–Trinajstić information content (AvgIpc) is 3.43. The van der Waals surface area contributed by atoms with Crippen LogP contribution in [-0.4, -0.2) is 64.4 Å². The number of carbonyl (C=O) groups is 3. The highest BCUT2D eigenvalue weighted by molar-refractivity contribution is 6.26. The Morgan fingerprint density at radius 1 is 1.27 bits per heavy atom. The van der Waals surface area contributed by atoms with Crippen LogP contribution in [0.15, 0.2) is 66.0 Å². The maximum atomic E-state index is 13.3. The molecule has 3 aromatic rings. The van der Waals surface area contributed by atoms with Crippen molar-refractivity contribution in [1.82, 2.24) is 14.9 Å². The molecule has 0 unspecified atom stereocenters. The zero-order valence-electron chi connectivity index (χ0n) is 19.9. The number of ether oxygens (including phenoxy) is 2. The van der Waals surface area contributed by atoms with Crippen LogP contribution in [0.2, 0.25) is 0 Å². The number of hydrogen-bond donors (Lipinski definition) is 3. The minimum atomic E-state index is -0.742. The first-order valence-electron chi connectivity index (χ1n) is 11.5. The molecule has 0 bridgehead atoms. The highest BCUT2D eigenvalue weighted by Gasteiger charge is 2.38. The summed E-state index contributed by atoms with van der Waals surface area (Å²) in [6, 6.07) is 9.18. The number of esters is 1. The number of likely N-dealkylation sites (tertiary alicyclic amines) is 1. The number of nitrogens with one attached hydrogen (secondary N) is 2. The number of aromatic amines is 1. The van der Waals surface area contributed by atoms with Crippen LogP contribution in [0.1, 0.15) is 18.4 Å². The van der Waals surface area contributed by atoms with Gasteiger partial charge < -0.3 is 29.8 Å². The lowest BCUT2D eigenvalue weighted by Crippen LogP contribution is -2.36. The topological polar surface area (TPSA) is 134 Å². The van der Waals surface area contributed by atoms with Gasteiger partial charge in [0.25, 0.3) is 6.47 Å². The molecule has 0 spiro atoms. The minimum absolute atomic E-state index is 0.0234. The molecule has 4 heterocycles. The maximum absolute atomic E-state index is 13.3. The van der Waals surface area contributed by atoms with Crippen LogP contribution in [-0.2, 0) is 23.9 Å². The normalized spacial score (nSPS) is 17.4. The van der Waals surface area contributed by atoms with E-state index in [1.54, 1.807) is 24.5 Å². The first-order valence-corrected chi connectivity index (χ1v) is 11.5. The molecular weight excluding hydrogens is 483 g/mol. The number of nitrogens with zero attached hydrogens (tertiary/aromatic N) is 2. The second-order valence-corrected chi connectivity index (χ2v) is 8.43. The molecule has 37 heavy (non-hydrogen) atoms. The van der Waals surface area contributed by atoms with Crippen LogP contribution in [0.3, 0.4) is 0 Å². The number of piperidine rings is 1. The van der Waals surface area contributed by atoms with Gasteiger partial charge in [0.2, 0.25) is 11.7 Å². The van der Waals surface area contributed by atoms with Crippen LogP contribution in [0.5, 0.6) is 0 Å². The van der Waals surface area contributed by atoms with Gasteiger partial charge in [-0.2, -0.15) is 0 Å². The van der Waals surface area contributed by atoms with Crippen molar-refractivity contribution in [2.75, 3.05) is 25.5 Å². The fourth-order valence-electron chi connectivity index (χ4n) is 4.02.